The standard InChI is InChI=1S/C13H12N4O3/c1-8-2-3-9(7-15-8)16-13(18)11-6-10(17(19)20)4-5-12(11)14/h2-7H,14H2,1H3,(H,16,18). The molecule has 20 heavy (non-hydrogen) atoms. The molecule has 1 aromatic carbocycles. The SMILES string of the molecule is Cc1ccc(NC(=O)c2cc([N+](=O)[O-])ccc2N)cn1. The molecule has 1 amide bonds. The number of nitrogens with zero attached hydrogens (tertiary/aromatic N) is 2. The predicted molar refractivity (Wildman–Crippen MR) is 74.4 cm³/mol. The minimum Gasteiger partial charge on any atom is -0.398 e. The first-order valence-corrected chi connectivity index (χ1v) is 5.75. The quantitative estimate of drug-likeness (QED) is 0.505. The summed E-state index contributed by atoms with van der Waals surface area (Å²) in [7, 11) is 0. The molecule has 0 atom stereocenters. The lowest BCUT2D eigenvalue weighted by molar-refractivity contribution is -0.384. The average Bonchev–Trinajstić information content (AvgIpc) is 2.41. The Morgan fingerprint density at radius 2 is 2.10 bits per heavy atom. The molecule has 0 aliphatic rings. The second kappa shape index (κ2) is 5.35. The van der Waals surface area contributed by atoms with Crippen LogP contribution in [-0.4, -0.2) is 15.8 Å². The van der Waals surface area contributed by atoms with Gasteiger partial charge < -0.3 is 11.1 Å². The van der Waals surface area contributed by atoms with E-state index in [1.807, 2.05) is 6.92 Å². The summed E-state index contributed by atoms with van der Waals surface area (Å²) in [5.74, 6) is -0.517. The molecule has 0 saturated carbocycles. The van der Waals surface area contributed by atoms with Gasteiger partial charge in [-0.2, -0.15) is 0 Å². The monoisotopic (exact) mass is 272 g/mol. The molecule has 0 saturated heterocycles. The van der Waals surface area contributed by atoms with Crippen molar-refractivity contribution >= 4 is 23.0 Å². The number of nitrogens with two attached hydrogens (primary N) is 1. The molecule has 2 rings (SSSR count). The van der Waals surface area contributed by atoms with Gasteiger partial charge in [-0.15, -0.1) is 0 Å². The molecule has 3 N–H and O–H groups in total. The zero-order chi connectivity index (χ0) is 14.7. The zero-order valence-electron chi connectivity index (χ0n) is 10.7. The Hall–Kier alpha value is -2.96. The maximum atomic E-state index is 12.1. The number of anilines is 2. The van der Waals surface area contributed by atoms with Crippen LogP contribution in [0.15, 0.2) is 36.5 Å². The number of hydrogen-bond donors (Lipinski definition) is 2. The molecule has 0 aliphatic heterocycles. The van der Waals surface area contributed by atoms with Crippen LogP contribution in [0.4, 0.5) is 17.1 Å². The van der Waals surface area contributed by atoms with Crippen LogP contribution in [0.2, 0.25) is 0 Å². The van der Waals surface area contributed by atoms with E-state index in [-0.39, 0.29) is 16.9 Å². The number of amides is 1. The number of rotatable bonds is 3. The topological polar surface area (TPSA) is 111 Å². The van der Waals surface area contributed by atoms with Gasteiger partial charge in [-0.25, -0.2) is 0 Å². The fourth-order valence-corrected chi connectivity index (χ4v) is 1.59. The van der Waals surface area contributed by atoms with E-state index in [0.717, 1.165) is 11.8 Å². The van der Waals surface area contributed by atoms with Crippen LogP contribution in [0.25, 0.3) is 0 Å². The van der Waals surface area contributed by atoms with E-state index in [1.54, 1.807) is 12.1 Å². The first-order chi connectivity index (χ1) is 9.47. The molecule has 0 radical (unpaired) electrons. The Balaban J connectivity index is 2.26. The van der Waals surface area contributed by atoms with E-state index in [4.69, 9.17) is 5.73 Å². The molecule has 2 aromatic rings. The molecule has 0 aliphatic carbocycles. The van der Waals surface area contributed by atoms with Crippen LogP contribution in [0.3, 0.4) is 0 Å². The number of hydrogen-bond acceptors (Lipinski definition) is 5. The predicted octanol–water partition coefficient (Wildman–Crippen LogP) is 2.13. The Bertz CT molecular complexity index is 668. The maximum Gasteiger partial charge on any atom is 0.270 e. The van der Waals surface area contributed by atoms with Crippen molar-refractivity contribution in [2.75, 3.05) is 11.1 Å². The van der Waals surface area contributed by atoms with Gasteiger partial charge in [-0.1, -0.05) is 0 Å². The van der Waals surface area contributed by atoms with Crippen molar-refractivity contribution in [2.24, 2.45) is 0 Å². The number of carbonyl (C=O) groups excluding carboxylic acids is 1. The molecule has 7 heteroatoms. The number of aryl methyl sites for hydroxylation is 1. The molecule has 1 aromatic heterocycles. The number of aromatic nitrogens is 1. The number of non-ortho nitro benzene ring substituents is 1. The number of nitro benzene ring substituents is 1. The summed E-state index contributed by atoms with van der Waals surface area (Å²) in [5, 5.41) is 13.3. The van der Waals surface area contributed by atoms with Gasteiger partial charge in [0.1, 0.15) is 0 Å². The number of carbonyl (C=O) groups is 1. The summed E-state index contributed by atoms with van der Waals surface area (Å²) in [5.41, 5.74) is 7.02. The first kappa shape index (κ1) is 13.5. The van der Waals surface area contributed by atoms with Crippen LogP contribution in [0.1, 0.15) is 16.1 Å². The third kappa shape index (κ3) is 2.89. The van der Waals surface area contributed by atoms with Crippen molar-refractivity contribution in [3.63, 3.8) is 0 Å². The minimum atomic E-state index is -0.580. The van der Waals surface area contributed by atoms with Gasteiger partial charge in [0.05, 0.1) is 22.4 Å². The molecular weight excluding hydrogens is 260 g/mol. The van der Waals surface area contributed by atoms with Gasteiger partial charge in [0, 0.05) is 23.5 Å². The lowest BCUT2D eigenvalue weighted by atomic mass is 10.1. The van der Waals surface area contributed by atoms with Gasteiger partial charge in [-0.05, 0) is 25.1 Å². The summed E-state index contributed by atoms with van der Waals surface area (Å²) >= 11 is 0. The van der Waals surface area contributed by atoms with Gasteiger partial charge in [0.2, 0.25) is 0 Å². The molecule has 0 unspecified atom stereocenters. The van der Waals surface area contributed by atoms with Gasteiger partial charge >= 0.3 is 0 Å². The Kier molecular flexibility index (Phi) is 3.60. The van der Waals surface area contributed by atoms with Crippen LogP contribution in [-0.2, 0) is 0 Å². The summed E-state index contributed by atoms with van der Waals surface area (Å²) in [4.78, 5) is 26.2. The average molecular weight is 272 g/mol. The largest absolute Gasteiger partial charge is 0.398 e. The number of nitrogen functional groups attached to an aromatic ring is 1. The zero-order valence-corrected chi connectivity index (χ0v) is 10.7. The molecule has 102 valence electrons. The highest BCUT2D eigenvalue weighted by Crippen LogP contribution is 2.20. The normalized spacial score (nSPS) is 10.1. The number of pyridine rings is 1. The van der Waals surface area contributed by atoms with Crippen molar-refractivity contribution in [2.45, 2.75) is 6.92 Å². The second-order valence-electron chi connectivity index (χ2n) is 4.17. The molecule has 0 spiro atoms. The van der Waals surface area contributed by atoms with E-state index in [0.29, 0.717) is 5.69 Å². The molecule has 7 nitrogen and oxygen atoms in total. The van der Waals surface area contributed by atoms with Crippen molar-refractivity contribution < 1.29 is 9.72 Å². The van der Waals surface area contributed by atoms with E-state index in [9.17, 15) is 14.9 Å². The van der Waals surface area contributed by atoms with E-state index >= 15 is 0 Å². The smallest absolute Gasteiger partial charge is 0.270 e. The van der Waals surface area contributed by atoms with Crippen LogP contribution < -0.4 is 11.1 Å². The highest BCUT2D eigenvalue weighted by atomic mass is 16.6. The lowest BCUT2D eigenvalue weighted by Gasteiger charge is -2.07. The van der Waals surface area contributed by atoms with E-state index in [2.05, 4.69) is 10.3 Å². The Labute approximate surface area is 114 Å². The van der Waals surface area contributed by atoms with Crippen molar-refractivity contribution in [1.82, 2.24) is 4.98 Å². The second-order valence-corrected chi connectivity index (χ2v) is 4.17. The third-order valence-corrected chi connectivity index (χ3v) is 2.66. The van der Waals surface area contributed by atoms with Crippen LogP contribution in [0.5, 0.6) is 0 Å². The summed E-state index contributed by atoms with van der Waals surface area (Å²) < 4.78 is 0. The highest BCUT2D eigenvalue weighted by molar-refractivity contribution is 6.08. The first-order valence-electron chi connectivity index (χ1n) is 5.75. The molecular formula is C13H12N4O3. The Morgan fingerprint density at radius 3 is 2.70 bits per heavy atom. The molecule has 0 fully saturated rings. The number of benzene rings is 1. The molecule has 1 heterocycles. The fourth-order valence-electron chi connectivity index (χ4n) is 1.59. The van der Waals surface area contributed by atoms with Crippen molar-refractivity contribution in [3.8, 4) is 0 Å². The highest BCUT2D eigenvalue weighted by Gasteiger charge is 2.15. The van der Waals surface area contributed by atoms with Crippen molar-refractivity contribution in [1.29, 1.82) is 0 Å². The summed E-state index contributed by atoms with van der Waals surface area (Å²) in [6, 6.07) is 7.16. The van der Waals surface area contributed by atoms with Gasteiger partial charge in [0.15, 0.2) is 0 Å². The lowest BCUT2D eigenvalue weighted by Crippen LogP contribution is -2.14. The Morgan fingerprint density at radius 1 is 1.35 bits per heavy atom. The third-order valence-electron chi connectivity index (χ3n) is 2.66. The van der Waals surface area contributed by atoms with Crippen LogP contribution >= 0.6 is 0 Å². The van der Waals surface area contributed by atoms with Crippen molar-refractivity contribution in [3.05, 3.63) is 57.9 Å². The van der Waals surface area contributed by atoms with Crippen LogP contribution in [0, 0.1) is 17.0 Å². The fraction of sp³-hybridized carbons (Fsp3) is 0.0769. The van der Waals surface area contributed by atoms with E-state index < -0.39 is 10.8 Å². The number of nitrogens with one attached hydrogen (secondary N) is 1. The minimum absolute atomic E-state index is 0.0553. The van der Waals surface area contributed by atoms with E-state index in [1.165, 1.54) is 18.3 Å². The maximum absolute atomic E-state index is 12.1. The van der Waals surface area contributed by atoms with Gasteiger partial charge in [0.25, 0.3) is 11.6 Å². The molecule has 0 bridgehead atoms. The summed E-state index contributed by atoms with van der Waals surface area (Å²) in [6.45, 7) is 1.82. The number of nitro groups is 1. The van der Waals surface area contributed by atoms with Gasteiger partial charge in [-0.3, -0.25) is 19.9 Å². The summed E-state index contributed by atoms with van der Waals surface area (Å²) in [6.07, 6.45) is 1.50.